The smallest absolute Gasteiger partial charge is 0.223 e. The monoisotopic (exact) mass is 359 g/mol. The number of aliphatic imine (C=N–C) groups is 2. The van der Waals surface area contributed by atoms with Crippen LogP contribution in [0.1, 0.15) is 38.5 Å². The molecule has 2 aliphatic heterocycles. The first-order valence-corrected chi connectivity index (χ1v) is 9.52. The minimum absolute atomic E-state index is 0.241. The van der Waals surface area contributed by atoms with E-state index in [9.17, 15) is 4.79 Å². The number of allylic oxidation sites excluding steroid dienone is 2. The number of aliphatic hydroxyl groups is 1. The van der Waals surface area contributed by atoms with Crippen LogP contribution in [0, 0.1) is 5.92 Å². The highest BCUT2D eigenvalue weighted by atomic mass is 16.2. The van der Waals surface area contributed by atoms with Crippen molar-refractivity contribution in [2.45, 2.75) is 50.6 Å². The molecular formula is C19H29N5O2. The van der Waals surface area contributed by atoms with Gasteiger partial charge < -0.3 is 15.8 Å². The van der Waals surface area contributed by atoms with Crippen LogP contribution in [0.25, 0.3) is 0 Å². The summed E-state index contributed by atoms with van der Waals surface area (Å²) in [7, 11) is 1.00. The van der Waals surface area contributed by atoms with Gasteiger partial charge >= 0.3 is 0 Å². The molecule has 0 aromatic rings. The van der Waals surface area contributed by atoms with Gasteiger partial charge in [0.25, 0.3) is 0 Å². The fraction of sp³-hybridized carbons (Fsp3) is 0.632. The number of carbonyl (C=O) groups excluding carboxylic acids is 1. The Morgan fingerprint density at radius 2 is 2.15 bits per heavy atom. The average Bonchev–Trinajstić information content (AvgIpc) is 3.51. The molecule has 2 unspecified atom stereocenters. The van der Waals surface area contributed by atoms with Crippen molar-refractivity contribution in [2.24, 2.45) is 15.9 Å². The Morgan fingerprint density at radius 3 is 2.96 bits per heavy atom. The third kappa shape index (κ3) is 4.80. The zero-order chi connectivity index (χ0) is 18.4. The average molecular weight is 359 g/mol. The van der Waals surface area contributed by atoms with E-state index in [0.717, 1.165) is 63.7 Å². The summed E-state index contributed by atoms with van der Waals surface area (Å²) in [5, 5.41) is 10.2. The minimum atomic E-state index is 0.241. The van der Waals surface area contributed by atoms with E-state index in [1.165, 1.54) is 5.57 Å². The lowest BCUT2D eigenvalue weighted by atomic mass is 9.91. The Morgan fingerprint density at radius 1 is 1.31 bits per heavy atom. The standard InChI is InChI=1S/C18H25N5O.CH4O/c24-18(12-7-8-12)22-15-6-3-5-14(10-15)21-17-16-13(11-20-23-17)4-1-2-9-19-16;1-2/h1-2,4,12,14-15,20H,3,5-11H2,(H,21,23)(H,22,24);2H,1H3. The fourth-order valence-electron chi connectivity index (χ4n) is 3.57. The Labute approximate surface area is 154 Å². The van der Waals surface area contributed by atoms with Crippen molar-refractivity contribution in [3.8, 4) is 0 Å². The molecule has 7 nitrogen and oxygen atoms in total. The van der Waals surface area contributed by atoms with Crippen LogP contribution in [-0.4, -0.2) is 54.8 Å². The number of nitrogens with zero attached hydrogens (tertiary/aromatic N) is 2. The minimum Gasteiger partial charge on any atom is -0.400 e. The molecular weight excluding hydrogens is 330 g/mol. The van der Waals surface area contributed by atoms with Crippen LogP contribution in [0.5, 0.6) is 0 Å². The molecule has 0 aromatic carbocycles. The zero-order valence-electron chi connectivity index (χ0n) is 15.4. The number of carbonyl (C=O) groups is 1. The topological polar surface area (TPSA) is 98.1 Å². The number of fused-ring (bicyclic) bond motifs is 1. The van der Waals surface area contributed by atoms with E-state index in [4.69, 9.17) is 10.1 Å². The van der Waals surface area contributed by atoms with E-state index in [1.54, 1.807) is 0 Å². The molecule has 0 radical (unpaired) electrons. The molecule has 0 spiro atoms. The summed E-state index contributed by atoms with van der Waals surface area (Å²) < 4.78 is 0. The van der Waals surface area contributed by atoms with Crippen molar-refractivity contribution >= 4 is 17.5 Å². The van der Waals surface area contributed by atoms with Crippen molar-refractivity contribution in [3.63, 3.8) is 0 Å². The third-order valence-corrected chi connectivity index (χ3v) is 5.06. The van der Waals surface area contributed by atoms with Crippen LogP contribution in [-0.2, 0) is 4.79 Å². The predicted octanol–water partition coefficient (Wildman–Crippen LogP) is 0.876. The molecule has 142 valence electrons. The third-order valence-electron chi connectivity index (χ3n) is 5.06. The number of hydrogen-bond donors (Lipinski definition) is 4. The van der Waals surface area contributed by atoms with Gasteiger partial charge in [-0.3, -0.25) is 14.8 Å². The van der Waals surface area contributed by atoms with Crippen LogP contribution in [0.3, 0.4) is 0 Å². The SMILES string of the molecule is CO.O=C(NC1CCCC(N=C2NNCC3=CC=CCN=C32)C1)C1CC1. The first-order chi connectivity index (χ1) is 12.8. The molecule has 0 aromatic heterocycles. The number of hydrogen-bond acceptors (Lipinski definition) is 5. The quantitative estimate of drug-likeness (QED) is 0.601. The molecule has 4 aliphatic rings. The maximum absolute atomic E-state index is 12.0. The number of aliphatic hydroxyl groups excluding tert-OH is 1. The van der Waals surface area contributed by atoms with Crippen molar-refractivity contribution in [1.82, 2.24) is 16.2 Å². The normalized spacial score (nSPS) is 29.2. The molecule has 7 heteroatoms. The van der Waals surface area contributed by atoms with Crippen molar-refractivity contribution in [2.75, 3.05) is 20.2 Å². The van der Waals surface area contributed by atoms with E-state index in [0.29, 0.717) is 6.54 Å². The highest BCUT2D eigenvalue weighted by Crippen LogP contribution is 2.30. The molecule has 2 atom stereocenters. The van der Waals surface area contributed by atoms with E-state index in [1.807, 2.05) is 0 Å². The highest BCUT2D eigenvalue weighted by molar-refractivity contribution is 6.48. The van der Waals surface area contributed by atoms with Crippen molar-refractivity contribution in [1.29, 1.82) is 0 Å². The maximum atomic E-state index is 12.0. The number of amides is 1. The van der Waals surface area contributed by atoms with Gasteiger partial charge in [0.15, 0.2) is 5.84 Å². The lowest BCUT2D eigenvalue weighted by Gasteiger charge is -2.29. The van der Waals surface area contributed by atoms with Gasteiger partial charge in [0.05, 0.1) is 12.6 Å². The van der Waals surface area contributed by atoms with Crippen LogP contribution in [0.15, 0.2) is 33.8 Å². The molecule has 1 amide bonds. The largest absolute Gasteiger partial charge is 0.400 e. The predicted molar refractivity (Wildman–Crippen MR) is 103 cm³/mol. The summed E-state index contributed by atoms with van der Waals surface area (Å²) in [6.07, 6.45) is 12.5. The van der Waals surface area contributed by atoms with E-state index >= 15 is 0 Å². The summed E-state index contributed by atoms with van der Waals surface area (Å²) >= 11 is 0. The van der Waals surface area contributed by atoms with E-state index in [-0.39, 0.29) is 23.9 Å². The Kier molecular flexibility index (Phi) is 6.57. The van der Waals surface area contributed by atoms with Crippen LogP contribution < -0.4 is 16.2 Å². The lowest BCUT2D eigenvalue weighted by molar-refractivity contribution is -0.123. The Hall–Kier alpha value is -1.99. The first kappa shape index (κ1) is 18.8. The van der Waals surface area contributed by atoms with E-state index < -0.39 is 0 Å². The van der Waals surface area contributed by atoms with Crippen LogP contribution in [0.4, 0.5) is 0 Å². The molecule has 4 N–H and O–H groups in total. The van der Waals surface area contributed by atoms with Gasteiger partial charge in [0.1, 0.15) is 5.71 Å². The second kappa shape index (κ2) is 9.09. The first-order valence-electron chi connectivity index (χ1n) is 9.52. The Bertz CT molecular complexity index is 634. The van der Waals surface area contributed by atoms with E-state index in [2.05, 4.69) is 39.4 Å². The summed E-state index contributed by atoms with van der Waals surface area (Å²) in [6.45, 7) is 1.45. The molecule has 26 heavy (non-hydrogen) atoms. The second-order valence-corrected chi connectivity index (χ2v) is 7.07. The molecule has 4 rings (SSSR count). The Balaban J connectivity index is 0.000000948. The van der Waals surface area contributed by atoms with Crippen LogP contribution >= 0.6 is 0 Å². The van der Waals surface area contributed by atoms with Gasteiger partial charge in [-0.1, -0.05) is 18.2 Å². The van der Waals surface area contributed by atoms with Gasteiger partial charge in [-0.05, 0) is 44.1 Å². The molecule has 1 saturated heterocycles. The van der Waals surface area contributed by atoms with Crippen molar-refractivity contribution < 1.29 is 9.90 Å². The number of rotatable bonds is 3. The summed E-state index contributed by atoms with van der Waals surface area (Å²) in [5.74, 6) is 1.37. The molecule has 0 bridgehead atoms. The van der Waals surface area contributed by atoms with Crippen molar-refractivity contribution in [3.05, 3.63) is 23.8 Å². The summed E-state index contributed by atoms with van der Waals surface area (Å²) in [4.78, 5) is 21.6. The van der Waals surface area contributed by atoms with Gasteiger partial charge in [-0.15, -0.1) is 0 Å². The molecule has 2 saturated carbocycles. The molecule has 2 heterocycles. The van der Waals surface area contributed by atoms with Gasteiger partial charge in [0.2, 0.25) is 5.91 Å². The number of amidine groups is 1. The summed E-state index contributed by atoms with van der Waals surface area (Å²) in [6, 6.07) is 0.510. The maximum Gasteiger partial charge on any atom is 0.223 e. The summed E-state index contributed by atoms with van der Waals surface area (Å²) in [5.41, 5.74) is 8.53. The van der Waals surface area contributed by atoms with Gasteiger partial charge in [0, 0.05) is 25.6 Å². The fourth-order valence-corrected chi connectivity index (χ4v) is 3.57. The van der Waals surface area contributed by atoms with Gasteiger partial charge in [-0.2, -0.15) is 0 Å². The number of nitrogens with one attached hydrogen (secondary N) is 3. The molecule has 2 aliphatic carbocycles. The lowest BCUT2D eigenvalue weighted by Crippen LogP contribution is -2.50. The highest BCUT2D eigenvalue weighted by Gasteiger charge is 2.32. The number of hydrazine groups is 1. The zero-order valence-corrected chi connectivity index (χ0v) is 15.4. The van der Waals surface area contributed by atoms with Crippen LogP contribution in [0.2, 0.25) is 0 Å². The second-order valence-electron chi connectivity index (χ2n) is 7.07. The van der Waals surface area contributed by atoms with Gasteiger partial charge in [-0.25, -0.2) is 5.43 Å². The molecule has 3 fully saturated rings.